The van der Waals surface area contributed by atoms with Crippen LogP contribution < -0.4 is 10.9 Å². The van der Waals surface area contributed by atoms with Crippen LogP contribution in [0.5, 0.6) is 0 Å². The third kappa shape index (κ3) is 3.34. The fourth-order valence-electron chi connectivity index (χ4n) is 3.26. The number of hydrogen-bond acceptors (Lipinski definition) is 2. The fourth-order valence-corrected chi connectivity index (χ4v) is 3.26. The lowest BCUT2D eigenvalue weighted by atomic mass is 10.1. The van der Waals surface area contributed by atoms with Gasteiger partial charge in [-0.1, -0.05) is 36.8 Å². The second kappa shape index (κ2) is 7.19. The Hall–Kier alpha value is -3.60. The zero-order valence-electron chi connectivity index (χ0n) is 15.8. The Balaban J connectivity index is 1.73. The number of fused-ring (bicyclic) bond motifs is 1. The van der Waals surface area contributed by atoms with Gasteiger partial charge in [0.2, 0.25) is 0 Å². The van der Waals surface area contributed by atoms with Crippen LogP contribution in [0.1, 0.15) is 28.5 Å². The number of hydrogen-bond donors (Lipinski definition) is 2. The molecule has 28 heavy (non-hydrogen) atoms. The maximum absolute atomic E-state index is 12.7. The molecule has 2 N–H and O–H groups in total. The summed E-state index contributed by atoms with van der Waals surface area (Å²) in [4.78, 5) is 28.4. The predicted octanol–water partition coefficient (Wildman–Crippen LogP) is 4.44. The number of rotatable bonds is 4. The minimum Gasteiger partial charge on any atom is -0.336 e. The van der Waals surface area contributed by atoms with Crippen LogP contribution in [0.4, 0.5) is 5.69 Å². The van der Waals surface area contributed by atoms with E-state index < -0.39 is 0 Å². The molecule has 5 nitrogen and oxygen atoms in total. The van der Waals surface area contributed by atoms with E-state index in [4.69, 9.17) is 0 Å². The number of H-pyrrole nitrogens is 1. The van der Waals surface area contributed by atoms with Gasteiger partial charge in [-0.3, -0.25) is 14.2 Å². The average Bonchev–Trinajstić information content (AvgIpc) is 3.13. The zero-order valence-corrected chi connectivity index (χ0v) is 15.8. The van der Waals surface area contributed by atoms with Gasteiger partial charge in [-0.25, -0.2) is 0 Å². The van der Waals surface area contributed by atoms with Crippen LogP contribution >= 0.6 is 0 Å². The first kappa shape index (κ1) is 17.8. The number of pyridine rings is 1. The summed E-state index contributed by atoms with van der Waals surface area (Å²) >= 11 is 0. The van der Waals surface area contributed by atoms with Crippen LogP contribution in [0.15, 0.2) is 71.5 Å². The normalized spacial score (nSPS) is 10.9. The number of carbonyl (C=O) groups excluding carboxylic acids is 1. The van der Waals surface area contributed by atoms with Crippen molar-refractivity contribution < 1.29 is 4.79 Å². The van der Waals surface area contributed by atoms with Gasteiger partial charge in [-0.2, -0.15) is 0 Å². The molecule has 0 aliphatic carbocycles. The Morgan fingerprint density at radius 1 is 1.04 bits per heavy atom. The SMILES string of the molecule is CCc1cccc(NC(=O)c2cc3ccc(=O)n(-c4ccc(C)cc4)c3[nH]2)c1. The molecule has 0 fully saturated rings. The predicted molar refractivity (Wildman–Crippen MR) is 112 cm³/mol. The number of benzene rings is 2. The lowest BCUT2D eigenvalue weighted by molar-refractivity contribution is 0.102. The van der Waals surface area contributed by atoms with Crippen molar-refractivity contribution in [2.75, 3.05) is 5.32 Å². The number of carbonyl (C=O) groups is 1. The molecule has 140 valence electrons. The fraction of sp³-hybridized carbons (Fsp3) is 0.130. The number of aromatic nitrogens is 2. The summed E-state index contributed by atoms with van der Waals surface area (Å²) in [7, 11) is 0. The summed E-state index contributed by atoms with van der Waals surface area (Å²) in [5.41, 5.74) is 4.63. The van der Waals surface area contributed by atoms with Crippen molar-refractivity contribution in [1.29, 1.82) is 0 Å². The van der Waals surface area contributed by atoms with E-state index in [0.717, 1.165) is 34.3 Å². The molecule has 0 saturated heterocycles. The van der Waals surface area contributed by atoms with Crippen LogP contribution in [0, 0.1) is 6.92 Å². The van der Waals surface area contributed by atoms with E-state index in [2.05, 4.69) is 17.2 Å². The van der Waals surface area contributed by atoms with Crippen molar-refractivity contribution >= 4 is 22.6 Å². The van der Waals surface area contributed by atoms with Gasteiger partial charge in [-0.05, 0) is 55.3 Å². The van der Waals surface area contributed by atoms with Crippen LogP contribution in [-0.4, -0.2) is 15.5 Å². The highest BCUT2D eigenvalue weighted by molar-refractivity contribution is 6.05. The smallest absolute Gasteiger partial charge is 0.272 e. The molecule has 4 rings (SSSR count). The molecule has 2 aromatic carbocycles. The van der Waals surface area contributed by atoms with Gasteiger partial charge in [-0.15, -0.1) is 0 Å². The van der Waals surface area contributed by atoms with Gasteiger partial charge in [0.1, 0.15) is 11.3 Å². The van der Waals surface area contributed by atoms with E-state index in [-0.39, 0.29) is 11.5 Å². The third-order valence-corrected chi connectivity index (χ3v) is 4.81. The number of aryl methyl sites for hydroxylation is 2. The van der Waals surface area contributed by atoms with Crippen LogP contribution in [0.3, 0.4) is 0 Å². The standard InChI is InChI=1S/C23H21N3O2/c1-3-16-5-4-6-18(13-16)24-23(28)20-14-17-9-12-21(27)26(22(17)25-20)19-10-7-15(2)8-11-19/h4-14,25H,3H2,1-2H3,(H,24,28). The van der Waals surface area contributed by atoms with Crippen molar-refractivity contribution in [2.45, 2.75) is 20.3 Å². The van der Waals surface area contributed by atoms with E-state index in [1.807, 2.05) is 55.5 Å². The Bertz CT molecular complexity index is 1220. The van der Waals surface area contributed by atoms with Gasteiger partial charge in [0.15, 0.2) is 0 Å². The average molecular weight is 371 g/mol. The van der Waals surface area contributed by atoms with E-state index >= 15 is 0 Å². The van der Waals surface area contributed by atoms with Crippen molar-refractivity contribution in [3.8, 4) is 5.69 Å². The number of nitrogens with zero attached hydrogens (tertiary/aromatic N) is 1. The highest BCUT2D eigenvalue weighted by Crippen LogP contribution is 2.19. The largest absolute Gasteiger partial charge is 0.336 e. The summed E-state index contributed by atoms with van der Waals surface area (Å²) < 4.78 is 1.59. The molecule has 0 unspecified atom stereocenters. The van der Waals surface area contributed by atoms with E-state index in [1.54, 1.807) is 16.7 Å². The Morgan fingerprint density at radius 3 is 2.57 bits per heavy atom. The summed E-state index contributed by atoms with van der Waals surface area (Å²) in [6.07, 6.45) is 0.902. The zero-order chi connectivity index (χ0) is 19.7. The topological polar surface area (TPSA) is 66.9 Å². The Morgan fingerprint density at radius 2 is 1.82 bits per heavy atom. The van der Waals surface area contributed by atoms with Gasteiger partial charge in [0.25, 0.3) is 11.5 Å². The summed E-state index contributed by atoms with van der Waals surface area (Å²) in [6.45, 7) is 4.07. The molecule has 0 spiro atoms. The summed E-state index contributed by atoms with van der Waals surface area (Å²) in [6, 6.07) is 20.5. The third-order valence-electron chi connectivity index (χ3n) is 4.81. The number of nitrogens with one attached hydrogen (secondary N) is 2. The van der Waals surface area contributed by atoms with Crippen LogP contribution in [0.2, 0.25) is 0 Å². The minimum absolute atomic E-state index is 0.152. The van der Waals surface area contributed by atoms with E-state index in [1.165, 1.54) is 6.07 Å². The lowest BCUT2D eigenvalue weighted by Crippen LogP contribution is -2.17. The molecule has 5 heteroatoms. The van der Waals surface area contributed by atoms with Crippen molar-refractivity contribution in [3.63, 3.8) is 0 Å². The number of amides is 1. The molecule has 0 aliphatic heterocycles. The van der Waals surface area contributed by atoms with E-state index in [9.17, 15) is 9.59 Å². The molecule has 2 aromatic heterocycles. The van der Waals surface area contributed by atoms with Crippen molar-refractivity contribution in [1.82, 2.24) is 9.55 Å². The highest BCUT2D eigenvalue weighted by Gasteiger charge is 2.14. The van der Waals surface area contributed by atoms with E-state index in [0.29, 0.717) is 11.3 Å². The molecule has 0 saturated carbocycles. The number of anilines is 1. The molecule has 1 amide bonds. The second-order valence-corrected chi connectivity index (χ2v) is 6.84. The highest BCUT2D eigenvalue weighted by atomic mass is 16.2. The first-order valence-corrected chi connectivity index (χ1v) is 9.27. The molecule has 0 atom stereocenters. The molecule has 0 bridgehead atoms. The van der Waals surface area contributed by atoms with Crippen molar-refractivity contribution in [3.05, 3.63) is 93.9 Å². The first-order valence-electron chi connectivity index (χ1n) is 9.27. The molecular weight excluding hydrogens is 350 g/mol. The molecule has 0 aliphatic rings. The Kier molecular flexibility index (Phi) is 4.57. The number of aromatic amines is 1. The van der Waals surface area contributed by atoms with Crippen molar-refractivity contribution in [2.24, 2.45) is 0 Å². The molecule has 0 radical (unpaired) electrons. The van der Waals surface area contributed by atoms with Crippen LogP contribution in [-0.2, 0) is 6.42 Å². The summed E-state index contributed by atoms with van der Waals surface area (Å²) in [5, 5.41) is 3.72. The molecular formula is C23H21N3O2. The van der Waals surface area contributed by atoms with Gasteiger partial charge in [0.05, 0.1) is 5.69 Å². The maximum atomic E-state index is 12.7. The molecule has 4 aromatic rings. The molecule has 2 heterocycles. The van der Waals surface area contributed by atoms with Gasteiger partial charge >= 0.3 is 0 Å². The second-order valence-electron chi connectivity index (χ2n) is 6.84. The first-order chi connectivity index (χ1) is 13.5. The van der Waals surface area contributed by atoms with Crippen LogP contribution in [0.25, 0.3) is 16.7 Å². The van der Waals surface area contributed by atoms with Gasteiger partial charge in [0, 0.05) is 17.1 Å². The summed E-state index contributed by atoms with van der Waals surface area (Å²) in [5.74, 6) is -0.243. The van der Waals surface area contributed by atoms with Gasteiger partial charge < -0.3 is 10.3 Å². The minimum atomic E-state index is -0.243. The monoisotopic (exact) mass is 371 g/mol. The maximum Gasteiger partial charge on any atom is 0.272 e. The Labute approximate surface area is 162 Å². The lowest BCUT2D eigenvalue weighted by Gasteiger charge is -2.08. The quantitative estimate of drug-likeness (QED) is 0.557.